The maximum atomic E-state index is 9.49. The van der Waals surface area contributed by atoms with Gasteiger partial charge in [0, 0.05) is 11.6 Å². The van der Waals surface area contributed by atoms with Crippen molar-refractivity contribution in [2.75, 3.05) is 0 Å². The van der Waals surface area contributed by atoms with Crippen LogP contribution in [0.2, 0.25) is 0 Å². The Hall–Kier alpha value is -2.21. The number of phenols is 2. The van der Waals surface area contributed by atoms with E-state index in [9.17, 15) is 10.2 Å². The van der Waals surface area contributed by atoms with Crippen molar-refractivity contribution in [3.05, 3.63) is 36.5 Å². The largest absolute Gasteiger partial charge is 0.504 e. The number of fused-ring (bicyclic) bond motifs is 1. The predicted octanol–water partition coefficient (Wildman–Crippen LogP) is 2.10. The molecule has 90 valence electrons. The molecule has 0 spiro atoms. The van der Waals surface area contributed by atoms with Gasteiger partial charge >= 0.3 is 0 Å². The Labute approximate surface area is 108 Å². The molecule has 0 saturated heterocycles. The van der Waals surface area contributed by atoms with Crippen molar-refractivity contribution >= 4 is 18.3 Å². The molecule has 0 fully saturated rings. The van der Waals surface area contributed by atoms with E-state index in [0.717, 1.165) is 0 Å². The third-order valence-electron chi connectivity index (χ3n) is 2.61. The van der Waals surface area contributed by atoms with Crippen LogP contribution >= 0.6 is 12.6 Å². The number of hydrogen-bond acceptors (Lipinski definition) is 5. The molecule has 0 aliphatic carbocycles. The van der Waals surface area contributed by atoms with E-state index in [0.29, 0.717) is 21.9 Å². The van der Waals surface area contributed by atoms with Gasteiger partial charge < -0.3 is 10.2 Å². The summed E-state index contributed by atoms with van der Waals surface area (Å²) in [6.45, 7) is 0. The van der Waals surface area contributed by atoms with Gasteiger partial charge in [0.2, 0.25) is 0 Å². The van der Waals surface area contributed by atoms with Crippen molar-refractivity contribution < 1.29 is 10.2 Å². The van der Waals surface area contributed by atoms with Gasteiger partial charge in [-0.05, 0) is 24.3 Å². The van der Waals surface area contributed by atoms with Crippen LogP contribution in [0.1, 0.15) is 0 Å². The second-order valence-electron chi connectivity index (χ2n) is 3.80. The molecule has 2 heterocycles. The highest BCUT2D eigenvalue weighted by Gasteiger charge is 2.08. The molecule has 0 unspecified atom stereocenters. The van der Waals surface area contributed by atoms with Gasteiger partial charge in [-0.2, -0.15) is 5.10 Å². The molecule has 6 heteroatoms. The van der Waals surface area contributed by atoms with E-state index in [-0.39, 0.29) is 11.5 Å². The summed E-state index contributed by atoms with van der Waals surface area (Å²) in [6, 6.07) is 8.07. The highest BCUT2D eigenvalue weighted by Crippen LogP contribution is 2.30. The Morgan fingerprint density at radius 1 is 1.06 bits per heavy atom. The average molecular weight is 259 g/mol. The molecule has 3 rings (SSSR count). The molecular weight excluding hydrogens is 250 g/mol. The minimum atomic E-state index is -0.177. The lowest BCUT2D eigenvalue weighted by Gasteiger charge is -2.05. The number of rotatable bonds is 1. The highest BCUT2D eigenvalue weighted by atomic mass is 32.1. The van der Waals surface area contributed by atoms with Crippen molar-refractivity contribution in [1.29, 1.82) is 0 Å². The van der Waals surface area contributed by atoms with Crippen LogP contribution in [0.4, 0.5) is 0 Å². The second-order valence-corrected chi connectivity index (χ2v) is 4.26. The van der Waals surface area contributed by atoms with Gasteiger partial charge in [0.05, 0.1) is 16.9 Å². The monoisotopic (exact) mass is 259 g/mol. The molecular formula is C12H9N3O2S. The molecule has 18 heavy (non-hydrogen) atoms. The summed E-state index contributed by atoms with van der Waals surface area (Å²) >= 11 is 4.33. The first-order chi connectivity index (χ1) is 8.65. The molecule has 5 nitrogen and oxygen atoms in total. The van der Waals surface area contributed by atoms with Crippen molar-refractivity contribution in [3.63, 3.8) is 0 Å². The first kappa shape index (κ1) is 10.9. The molecule has 3 aromatic rings. The maximum absolute atomic E-state index is 9.49. The van der Waals surface area contributed by atoms with Crippen LogP contribution in [-0.4, -0.2) is 24.8 Å². The standard InChI is InChI=1S/C12H9N3O2S/c16-9-2-1-7(5-10(9)17)8-6-12(18)15-11(14-8)3-4-13-15/h1-6,16-18H. The summed E-state index contributed by atoms with van der Waals surface area (Å²) in [5.74, 6) is -0.335. The third kappa shape index (κ3) is 1.67. The summed E-state index contributed by atoms with van der Waals surface area (Å²) in [5.41, 5.74) is 2.03. The number of aromatic hydroxyl groups is 2. The normalized spacial score (nSPS) is 10.9. The zero-order chi connectivity index (χ0) is 12.7. The summed E-state index contributed by atoms with van der Waals surface area (Å²) in [6.07, 6.45) is 1.64. The summed E-state index contributed by atoms with van der Waals surface area (Å²) in [7, 11) is 0. The molecule has 2 N–H and O–H groups in total. The smallest absolute Gasteiger partial charge is 0.158 e. The fraction of sp³-hybridized carbons (Fsp3) is 0. The maximum Gasteiger partial charge on any atom is 0.158 e. The quantitative estimate of drug-likeness (QED) is 0.355. The average Bonchev–Trinajstić information content (AvgIpc) is 2.81. The second kappa shape index (κ2) is 3.92. The van der Waals surface area contributed by atoms with Gasteiger partial charge in [0.1, 0.15) is 0 Å². The zero-order valence-electron chi connectivity index (χ0n) is 9.15. The lowest BCUT2D eigenvalue weighted by molar-refractivity contribution is 0.404. The minimum absolute atomic E-state index is 0.157. The number of nitrogens with zero attached hydrogens (tertiary/aromatic N) is 3. The van der Waals surface area contributed by atoms with Crippen LogP contribution in [0, 0.1) is 0 Å². The fourth-order valence-electron chi connectivity index (χ4n) is 1.73. The fourth-order valence-corrected chi connectivity index (χ4v) is 2.00. The Bertz CT molecular complexity index is 739. The predicted molar refractivity (Wildman–Crippen MR) is 69.0 cm³/mol. The van der Waals surface area contributed by atoms with Crippen LogP contribution in [0.3, 0.4) is 0 Å². The summed E-state index contributed by atoms with van der Waals surface area (Å²) < 4.78 is 1.60. The number of phenolic OH excluding ortho intramolecular Hbond substituents is 2. The zero-order valence-corrected chi connectivity index (χ0v) is 10.0. The summed E-state index contributed by atoms with van der Waals surface area (Å²) in [5, 5.41) is 23.5. The first-order valence-electron chi connectivity index (χ1n) is 5.21. The van der Waals surface area contributed by atoms with E-state index in [4.69, 9.17) is 0 Å². The van der Waals surface area contributed by atoms with Gasteiger partial charge in [-0.3, -0.25) is 0 Å². The topological polar surface area (TPSA) is 70.7 Å². The van der Waals surface area contributed by atoms with Crippen molar-refractivity contribution in [3.8, 4) is 22.8 Å². The van der Waals surface area contributed by atoms with Crippen molar-refractivity contribution in [2.24, 2.45) is 0 Å². The number of benzene rings is 1. The SMILES string of the molecule is Oc1ccc(-c2cc(S)n3nccc3n2)cc1O. The van der Waals surface area contributed by atoms with Gasteiger partial charge in [-0.25, -0.2) is 9.50 Å². The Morgan fingerprint density at radius 3 is 2.67 bits per heavy atom. The van der Waals surface area contributed by atoms with E-state index in [1.165, 1.54) is 12.1 Å². The van der Waals surface area contributed by atoms with E-state index >= 15 is 0 Å². The number of aromatic nitrogens is 3. The summed E-state index contributed by atoms with van der Waals surface area (Å²) in [4.78, 5) is 4.40. The van der Waals surface area contributed by atoms with E-state index in [2.05, 4.69) is 22.7 Å². The molecule has 0 aliphatic rings. The molecule has 0 atom stereocenters. The van der Waals surface area contributed by atoms with Crippen LogP contribution in [-0.2, 0) is 0 Å². The van der Waals surface area contributed by atoms with E-state index in [1.807, 2.05) is 0 Å². The van der Waals surface area contributed by atoms with E-state index in [1.54, 1.807) is 28.9 Å². The van der Waals surface area contributed by atoms with Gasteiger partial charge in [0.15, 0.2) is 17.1 Å². The lowest BCUT2D eigenvalue weighted by Crippen LogP contribution is -1.94. The van der Waals surface area contributed by atoms with Crippen molar-refractivity contribution in [2.45, 2.75) is 5.03 Å². The number of thiol groups is 1. The lowest BCUT2D eigenvalue weighted by atomic mass is 10.1. The minimum Gasteiger partial charge on any atom is -0.504 e. The van der Waals surface area contributed by atoms with Crippen LogP contribution in [0.25, 0.3) is 16.9 Å². The van der Waals surface area contributed by atoms with Crippen LogP contribution in [0.15, 0.2) is 41.6 Å². The third-order valence-corrected chi connectivity index (χ3v) is 2.93. The molecule has 0 amide bonds. The van der Waals surface area contributed by atoms with E-state index < -0.39 is 0 Å². The molecule has 0 bridgehead atoms. The Balaban J connectivity index is 2.21. The molecule has 1 aromatic carbocycles. The van der Waals surface area contributed by atoms with Crippen molar-refractivity contribution in [1.82, 2.24) is 14.6 Å². The molecule has 0 saturated carbocycles. The number of hydrogen-bond donors (Lipinski definition) is 3. The Morgan fingerprint density at radius 2 is 1.89 bits per heavy atom. The van der Waals surface area contributed by atoms with Crippen LogP contribution in [0.5, 0.6) is 11.5 Å². The molecule has 0 aliphatic heterocycles. The first-order valence-corrected chi connectivity index (χ1v) is 5.66. The highest BCUT2D eigenvalue weighted by molar-refractivity contribution is 7.80. The molecule has 2 aromatic heterocycles. The van der Waals surface area contributed by atoms with Crippen LogP contribution < -0.4 is 0 Å². The Kier molecular flexibility index (Phi) is 2.38. The van der Waals surface area contributed by atoms with Gasteiger partial charge in [0.25, 0.3) is 0 Å². The van der Waals surface area contributed by atoms with Gasteiger partial charge in [-0.1, -0.05) is 0 Å². The van der Waals surface area contributed by atoms with Gasteiger partial charge in [-0.15, -0.1) is 12.6 Å². The molecule has 0 radical (unpaired) electrons.